The van der Waals surface area contributed by atoms with Crippen molar-refractivity contribution in [1.82, 2.24) is 0 Å². The molecule has 0 bridgehead atoms. The van der Waals surface area contributed by atoms with E-state index < -0.39 is 0 Å². The Morgan fingerprint density at radius 3 is 1.80 bits per heavy atom. The van der Waals surface area contributed by atoms with E-state index in [0.717, 1.165) is 0 Å². The van der Waals surface area contributed by atoms with E-state index in [1.807, 2.05) is 26.0 Å². The Morgan fingerprint density at radius 2 is 1.67 bits per heavy atom. The minimum atomic E-state index is -0.297. The van der Waals surface area contributed by atoms with E-state index in [9.17, 15) is 0 Å². The summed E-state index contributed by atoms with van der Waals surface area (Å²) in [7, 11) is 0. The third-order valence-electron chi connectivity index (χ3n) is 1.20. The van der Waals surface area contributed by atoms with Gasteiger partial charge in [0.15, 0.2) is 0 Å². The molecule has 0 saturated carbocycles. The lowest BCUT2D eigenvalue weighted by Crippen LogP contribution is -2.11. The van der Waals surface area contributed by atoms with Crippen molar-refractivity contribution in [2.45, 2.75) is 18.6 Å². The number of halogens is 2. The molecule has 0 spiro atoms. The first-order chi connectivity index (χ1) is 6.87. The van der Waals surface area contributed by atoms with Crippen LogP contribution >= 0.6 is 35.8 Å². The van der Waals surface area contributed by atoms with Crippen LogP contribution < -0.4 is 0 Å². The van der Waals surface area contributed by atoms with Crippen molar-refractivity contribution >= 4 is 42.0 Å². The first-order valence-electron chi connectivity index (χ1n) is 4.18. The summed E-state index contributed by atoms with van der Waals surface area (Å²) in [6.07, 6.45) is 1.36. The molecule has 0 heterocycles. The highest BCUT2D eigenvalue weighted by Gasteiger charge is 2.11. The Kier molecular flexibility index (Phi) is 6.70. The second-order valence-corrected chi connectivity index (χ2v) is 5.28. The summed E-state index contributed by atoms with van der Waals surface area (Å²) >= 11 is 15.2. The molecule has 0 aliphatic carbocycles. The summed E-state index contributed by atoms with van der Waals surface area (Å²) in [6.45, 7) is 3.66. The number of thiol groups is 1. The largest absolute Gasteiger partial charge is 0.362 e. The molecule has 1 rings (SSSR count). The SMILES string of the molecule is CC(C)(S)C=[N+]=[N-].Clc1ccccc1Cl. The molecule has 0 atom stereocenters. The van der Waals surface area contributed by atoms with Gasteiger partial charge in [0.25, 0.3) is 6.21 Å². The summed E-state index contributed by atoms with van der Waals surface area (Å²) in [5.41, 5.74) is 7.92. The van der Waals surface area contributed by atoms with Gasteiger partial charge in [-0.1, -0.05) is 35.3 Å². The molecule has 1 aromatic rings. The van der Waals surface area contributed by atoms with Crippen LogP contribution in [0.15, 0.2) is 24.3 Å². The lowest BCUT2D eigenvalue weighted by molar-refractivity contribution is -0.000620. The quantitative estimate of drug-likeness (QED) is 0.344. The molecule has 0 fully saturated rings. The molecule has 1 aromatic carbocycles. The highest BCUT2D eigenvalue weighted by atomic mass is 35.5. The van der Waals surface area contributed by atoms with Crippen molar-refractivity contribution in [3.63, 3.8) is 0 Å². The average Bonchev–Trinajstić information content (AvgIpc) is 2.09. The fourth-order valence-corrected chi connectivity index (χ4v) is 0.904. The zero-order valence-electron chi connectivity index (χ0n) is 8.48. The van der Waals surface area contributed by atoms with Crippen LogP contribution in [0.25, 0.3) is 5.53 Å². The van der Waals surface area contributed by atoms with E-state index >= 15 is 0 Å². The maximum Gasteiger partial charge on any atom is 0.272 e. The zero-order valence-corrected chi connectivity index (χ0v) is 10.9. The molecule has 0 amide bonds. The molecule has 0 unspecified atom stereocenters. The van der Waals surface area contributed by atoms with Gasteiger partial charge in [-0.15, -0.1) is 0 Å². The van der Waals surface area contributed by atoms with Gasteiger partial charge < -0.3 is 5.53 Å². The van der Waals surface area contributed by atoms with Gasteiger partial charge in [-0.3, -0.25) is 0 Å². The fraction of sp³-hybridized carbons (Fsp3) is 0.300. The second-order valence-electron chi connectivity index (χ2n) is 3.31. The molecular formula is C10H12Cl2N2S. The first kappa shape index (κ1) is 14.5. The second kappa shape index (κ2) is 6.91. The minimum absolute atomic E-state index is 0.297. The normalized spacial score (nSPS) is 9.67. The third-order valence-corrected chi connectivity index (χ3v) is 2.07. The number of hydrogen-bond donors (Lipinski definition) is 1. The van der Waals surface area contributed by atoms with Gasteiger partial charge in [0, 0.05) is 0 Å². The number of nitrogens with zero attached hydrogens (tertiary/aromatic N) is 2. The van der Waals surface area contributed by atoms with Crippen LogP contribution in [0.2, 0.25) is 10.0 Å². The number of hydrogen-bond acceptors (Lipinski definition) is 1. The van der Waals surface area contributed by atoms with E-state index in [2.05, 4.69) is 17.4 Å². The van der Waals surface area contributed by atoms with Crippen LogP contribution in [0.5, 0.6) is 0 Å². The summed E-state index contributed by atoms with van der Waals surface area (Å²) in [4.78, 5) is 2.81. The number of benzene rings is 1. The lowest BCUT2D eigenvalue weighted by atomic mass is 10.2. The molecule has 5 heteroatoms. The monoisotopic (exact) mass is 262 g/mol. The van der Waals surface area contributed by atoms with Crippen LogP contribution in [0.4, 0.5) is 0 Å². The van der Waals surface area contributed by atoms with Gasteiger partial charge in [0.1, 0.15) is 4.75 Å². The lowest BCUT2D eigenvalue weighted by Gasteiger charge is -1.99. The van der Waals surface area contributed by atoms with Crippen LogP contribution in [0.3, 0.4) is 0 Å². The van der Waals surface area contributed by atoms with Crippen LogP contribution in [-0.4, -0.2) is 15.8 Å². The topological polar surface area (TPSA) is 36.4 Å². The Morgan fingerprint density at radius 1 is 1.27 bits per heavy atom. The predicted molar refractivity (Wildman–Crippen MR) is 69.2 cm³/mol. The van der Waals surface area contributed by atoms with E-state index in [4.69, 9.17) is 28.7 Å². The summed E-state index contributed by atoms with van der Waals surface area (Å²) in [5.74, 6) is 0. The smallest absolute Gasteiger partial charge is 0.272 e. The fourth-order valence-electron chi connectivity index (χ4n) is 0.581. The van der Waals surface area contributed by atoms with Crippen molar-refractivity contribution in [1.29, 1.82) is 0 Å². The van der Waals surface area contributed by atoms with Gasteiger partial charge in [-0.2, -0.15) is 17.4 Å². The van der Waals surface area contributed by atoms with E-state index in [0.29, 0.717) is 10.0 Å². The van der Waals surface area contributed by atoms with Crippen molar-refractivity contribution < 1.29 is 4.79 Å². The molecule has 0 saturated heterocycles. The highest BCUT2D eigenvalue weighted by Crippen LogP contribution is 2.19. The van der Waals surface area contributed by atoms with E-state index in [-0.39, 0.29) is 4.75 Å². The molecule has 0 aliphatic heterocycles. The van der Waals surface area contributed by atoms with Gasteiger partial charge in [-0.25, -0.2) is 0 Å². The highest BCUT2D eigenvalue weighted by molar-refractivity contribution is 7.82. The van der Waals surface area contributed by atoms with Gasteiger partial charge in [0.05, 0.1) is 10.0 Å². The molecule has 0 radical (unpaired) electrons. The zero-order chi connectivity index (χ0) is 11.9. The Labute approximate surface area is 105 Å². The average molecular weight is 263 g/mol. The molecule has 15 heavy (non-hydrogen) atoms. The van der Waals surface area contributed by atoms with Gasteiger partial charge >= 0.3 is 0 Å². The van der Waals surface area contributed by atoms with E-state index in [1.54, 1.807) is 12.1 Å². The molecule has 2 nitrogen and oxygen atoms in total. The minimum Gasteiger partial charge on any atom is -0.362 e. The maximum atomic E-state index is 7.92. The van der Waals surface area contributed by atoms with Crippen LogP contribution in [0, 0.1) is 0 Å². The predicted octanol–water partition coefficient (Wildman–Crippen LogP) is 3.99. The van der Waals surface area contributed by atoms with Crippen LogP contribution in [-0.2, 0) is 0 Å². The van der Waals surface area contributed by atoms with Crippen molar-refractivity contribution in [2.75, 3.05) is 0 Å². The Bertz CT molecular complexity index is 334. The van der Waals surface area contributed by atoms with Crippen LogP contribution in [0.1, 0.15) is 13.8 Å². The summed E-state index contributed by atoms with van der Waals surface area (Å²) in [5, 5.41) is 1.21. The molecule has 0 aromatic heterocycles. The summed E-state index contributed by atoms with van der Waals surface area (Å²) < 4.78 is -0.297. The number of rotatable bonds is 1. The van der Waals surface area contributed by atoms with Gasteiger partial charge in [-0.05, 0) is 26.0 Å². The van der Waals surface area contributed by atoms with Crippen molar-refractivity contribution in [3.05, 3.63) is 39.8 Å². The Hall–Kier alpha value is -0.470. The molecule has 0 aliphatic rings. The molecule has 82 valence electrons. The first-order valence-corrected chi connectivity index (χ1v) is 5.38. The molecular weight excluding hydrogens is 251 g/mol. The van der Waals surface area contributed by atoms with Gasteiger partial charge in [0.2, 0.25) is 0 Å². The third kappa shape index (κ3) is 8.52. The molecule has 0 N–H and O–H groups in total. The van der Waals surface area contributed by atoms with Crippen molar-refractivity contribution in [2.24, 2.45) is 0 Å². The standard InChI is InChI=1S/C6H4Cl2.C4H8N2S/c7-5-3-1-2-4-6(5)8;1-4(2,7)3-6-5/h1-4H;3,7H,1-2H3. The Balaban J connectivity index is 0.000000265. The summed E-state index contributed by atoms with van der Waals surface area (Å²) in [6, 6.07) is 7.19. The maximum absolute atomic E-state index is 7.92. The van der Waals surface area contributed by atoms with Crippen molar-refractivity contribution in [3.8, 4) is 0 Å². The van der Waals surface area contributed by atoms with E-state index in [1.165, 1.54) is 6.21 Å².